The van der Waals surface area contributed by atoms with Crippen LogP contribution in [0.4, 0.5) is 0 Å². The molecule has 2 N–H and O–H groups in total. The predicted octanol–water partition coefficient (Wildman–Crippen LogP) is 4.41. The molecule has 2 aliphatic heterocycles. The Balaban J connectivity index is 1.49. The van der Waals surface area contributed by atoms with Crippen molar-refractivity contribution in [2.75, 3.05) is 20.2 Å². The number of ether oxygens (including phenoxy) is 2. The number of phenols is 1. The fraction of sp³-hybridized carbons (Fsp3) is 0.793. The molecule has 186 valence electrons. The van der Waals surface area contributed by atoms with Crippen LogP contribution in [-0.2, 0) is 16.6 Å². The van der Waals surface area contributed by atoms with Crippen LogP contribution in [0.5, 0.6) is 11.5 Å². The van der Waals surface area contributed by atoms with Crippen LogP contribution in [0.2, 0.25) is 0 Å². The molecule has 0 radical (unpaired) electrons. The van der Waals surface area contributed by atoms with E-state index in [-0.39, 0.29) is 18.2 Å². The molecule has 5 heteroatoms. The summed E-state index contributed by atoms with van der Waals surface area (Å²) in [6, 6.07) is 3.59. The molecule has 7 aliphatic rings. The number of piperidine rings is 1. The lowest BCUT2D eigenvalue weighted by Crippen LogP contribution is -2.83. The molecule has 5 aliphatic carbocycles. The molecule has 8 rings (SSSR count). The molecule has 1 aromatic carbocycles. The van der Waals surface area contributed by atoms with E-state index in [0.717, 1.165) is 31.1 Å². The van der Waals surface area contributed by atoms with Crippen LogP contribution in [0.1, 0.15) is 89.5 Å². The highest BCUT2D eigenvalue weighted by Gasteiger charge is 2.82. The third-order valence-corrected chi connectivity index (χ3v) is 11.1. The van der Waals surface area contributed by atoms with E-state index in [4.69, 9.17) is 21.8 Å². The molecular formula is C29H41NO4. The fourth-order valence-corrected chi connectivity index (χ4v) is 9.32. The first-order valence-corrected chi connectivity index (χ1v) is 12.8. The van der Waals surface area contributed by atoms with E-state index in [1.807, 2.05) is 6.07 Å². The van der Waals surface area contributed by atoms with E-state index in [1.54, 1.807) is 6.07 Å². The minimum absolute atomic E-state index is 0.00711. The average molecular weight is 477 g/mol. The van der Waals surface area contributed by atoms with Gasteiger partial charge in [-0.15, -0.1) is 0 Å². The van der Waals surface area contributed by atoms with Gasteiger partial charge in [-0.1, -0.05) is 26.6 Å². The highest BCUT2D eigenvalue weighted by molar-refractivity contribution is 5.63. The first-order chi connectivity index (χ1) is 19.8. The molecule has 4 saturated carbocycles. The van der Waals surface area contributed by atoms with Gasteiger partial charge in [-0.3, -0.25) is 4.90 Å². The number of aromatic hydroxyl groups is 1. The summed E-state index contributed by atoms with van der Waals surface area (Å²) < 4.78 is 89.1. The molecule has 4 bridgehead atoms. The quantitative estimate of drug-likeness (QED) is 0.674. The van der Waals surface area contributed by atoms with Crippen molar-refractivity contribution in [1.29, 1.82) is 0 Å². The lowest BCUT2D eigenvalue weighted by molar-refractivity contribution is -0.312. The van der Waals surface area contributed by atoms with Crippen LogP contribution in [-0.4, -0.2) is 58.7 Å². The molecule has 0 aromatic heterocycles. The summed E-state index contributed by atoms with van der Waals surface area (Å²) >= 11 is 0. The third kappa shape index (κ3) is 2.25. The summed E-state index contributed by atoms with van der Waals surface area (Å²) in [7, 11) is 1.45. The van der Waals surface area contributed by atoms with E-state index in [2.05, 4.69) is 4.90 Å². The molecule has 1 saturated heterocycles. The van der Waals surface area contributed by atoms with Gasteiger partial charge in [-0.25, -0.2) is 0 Å². The Morgan fingerprint density at radius 3 is 2.74 bits per heavy atom. The molecule has 34 heavy (non-hydrogen) atoms. The Hall–Kier alpha value is -1.30. The van der Waals surface area contributed by atoms with Crippen molar-refractivity contribution in [2.24, 2.45) is 22.7 Å². The van der Waals surface area contributed by atoms with Crippen molar-refractivity contribution in [2.45, 2.75) is 101 Å². The summed E-state index contributed by atoms with van der Waals surface area (Å²) in [6.07, 6.45) is 4.10. The third-order valence-electron chi connectivity index (χ3n) is 11.1. The van der Waals surface area contributed by atoms with Crippen LogP contribution in [0.15, 0.2) is 12.1 Å². The zero-order chi connectivity index (χ0) is 31.4. The summed E-state index contributed by atoms with van der Waals surface area (Å²) in [4.78, 5) is 2.52. The van der Waals surface area contributed by atoms with Crippen molar-refractivity contribution in [3.8, 4) is 11.5 Å². The number of phenolic OH excluding ortho intramolecular Hbond substituents is 1. The zero-order valence-corrected chi connectivity index (χ0v) is 20.0. The van der Waals surface area contributed by atoms with Gasteiger partial charge in [0.1, 0.15) is 11.7 Å². The van der Waals surface area contributed by atoms with Crippen molar-refractivity contribution in [3.63, 3.8) is 0 Å². The number of hydrogen-bond acceptors (Lipinski definition) is 5. The van der Waals surface area contributed by atoms with Crippen molar-refractivity contribution in [1.82, 2.24) is 4.90 Å². The lowest BCUT2D eigenvalue weighted by atomic mass is 9.33. The number of likely N-dealkylation sites (tertiary alicyclic amines) is 1. The molecule has 1 unspecified atom stereocenters. The van der Waals surface area contributed by atoms with Gasteiger partial charge in [-0.2, -0.15) is 0 Å². The fourth-order valence-electron chi connectivity index (χ4n) is 9.32. The van der Waals surface area contributed by atoms with E-state index >= 15 is 0 Å². The number of methoxy groups -OCH3 is 1. The van der Waals surface area contributed by atoms with Gasteiger partial charge in [-0.05, 0) is 81.4 Å². The van der Waals surface area contributed by atoms with Gasteiger partial charge in [0.2, 0.25) is 0 Å². The topological polar surface area (TPSA) is 62.2 Å². The van der Waals surface area contributed by atoms with E-state index in [1.165, 1.54) is 20.0 Å². The summed E-state index contributed by atoms with van der Waals surface area (Å²) in [6.45, 7) is -7.92. The number of nitrogens with zero attached hydrogens (tertiary/aromatic N) is 1. The molecule has 7 atom stereocenters. The normalized spacial score (nSPS) is 48.9. The molecule has 2 heterocycles. The van der Waals surface area contributed by atoms with Gasteiger partial charge in [0.05, 0.1) is 5.60 Å². The second-order valence-electron chi connectivity index (χ2n) is 12.3. The molecular weight excluding hydrogens is 426 g/mol. The Kier molecular flexibility index (Phi) is 2.69. The Labute approximate surface area is 216 Å². The highest BCUT2D eigenvalue weighted by atomic mass is 16.6. The maximum absolute atomic E-state index is 12.7. The standard InChI is InChI=1S/C29H41NO4/c1-25(2,3)26(4,32)20-15-27-10-11-29(20,33-5)24-28(27)12-13-30(16-17-6-7-17)21(27)14-18-8-9-19(31)23(34-24)22(18)28/h8-9,17,20-21,24,31-32H,6-7,10-16H2,1-5H3/t20-,21-,24?,26-,27-,28+,29-/m1/s1/i1D3,2D3,3D3. The zero-order valence-electron chi connectivity index (χ0n) is 29.0. The summed E-state index contributed by atoms with van der Waals surface area (Å²) in [5.74, 6) is -0.235. The van der Waals surface area contributed by atoms with Crippen LogP contribution < -0.4 is 4.74 Å². The molecule has 1 aromatic rings. The molecule has 5 fully saturated rings. The number of fused-ring (bicyclic) bond motifs is 2. The molecule has 2 spiro atoms. The Bertz CT molecular complexity index is 1320. The second-order valence-corrected chi connectivity index (χ2v) is 12.3. The maximum atomic E-state index is 12.7. The van der Waals surface area contributed by atoms with Gasteiger partial charge >= 0.3 is 0 Å². The first-order valence-electron chi connectivity index (χ1n) is 17.3. The van der Waals surface area contributed by atoms with E-state index in [9.17, 15) is 10.2 Å². The van der Waals surface area contributed by atoms with Gasteiger partial charge < -0.3 is 19.7 Å². The minimum Gasteiger partial charge on any atom is -0.504 e. The SMILES string of the molecule is [2H]C([2H])([2H])C(C([2H])([2H])[2H])(C([2H])([2H])[2H])[C@](C)(O)[C@H]1C[C@@]23CC[C@]1(OC)C1Oc4c(O)ccc5c4[C@@]12CCN(CC1CC1)[C@@H]3C5. The van der Waals surface area contributed by atoms with Crippen LogP contribution >= 0.6 is 0 Å². The molecule has 0 amide bonds. The number of hydrogen-bond donors (Lipinski definition) is 2. The highest BCUT2D eigenvalue weighted by Crippen LogP contribution is 2.78. The van der Waals surface area contributed by atoms with Gasteiger partial charge in [0.15, 0.2) is 11.5 Å². The average Bonchev–Trinajstić information content (AvgIpc) is 3.61. The van der Waals surface area contributed by atoms with Crippen molar-refractivity contribution < 1.29 is 32.0 Å². The Morgan fingerprint density at radius 2 is 2.03 bits per heavy atom. The minimum atomic E-state index is -3.58. The first kappa shape index (κ1) is 14.4. The van der Waals surface area contributed by atoms with Crippen LogP contribution in [0.3, 0.4) is 0 Å². The summed E-state index contributed by atoms with van der Waals surface area (Å²) in [5.41, 5.74) is -6.83. The van der Waals surface area contributed by atoms with Crippen LogP contribution in [0.25, 0.3) is 0 Å². The maximum Gasteiger partial charge on any atom is 0.165 e. The van der Waals surface area contributed by atoms with Crippen molar-refractivity contribution >= 4 is 0 Å². The number of aliphatic hydroxyl groups is 1. The summed E-state index contributed by atoms with van der Waals surface area (Å²) in [5, 5.41) is 23.8. The largest absolute Gasteiger partial charge is 0.504 e. The van der Waals surface area contributed by atoms with E-state index in [0.29, 0.717) is 37.4 Å². The van der Waals surface area contributed by atoms with Crippen LogP contribution in [0, 0.1) is 22.7 Å². The van der Waals surface area contributed by atoms with Gasteiger partial charge in [0.25, 0.3) is 0 Å². The van der Waals surface area contributed by atoms with E-state index < -0.39 is 60.0 Å². The predicted molar refractivity (Wildman–Crippen MR) is 130 cm³/mol. The Morgan fingerprint density at radius 1 is 1.24 bits per heavy atom. The number of benzene rings is 1. The smallest absolute Gasteiger partial charge is 0.165 e. The number of rotatable bonds is 4. The monoisotopic (exact) mass is 476 g/mol. The second kappa shape index (κ2) is 6.33. The molecule has 5 nitrogen and oxygen atoms in total. The van der Waals surface area contributed by atoms with Crippen molar-refractivity contribution in [3.05, 3.63) is 23.3 Å². The lowest BCUT2D eigenvalue weighted by Gasteiger charge is -2.75. The van der Waals surface area contributed by atoms with Gasteiger partial charge in [0, 0.05) is 54.3 Å².